The number of carbonyl (C=O) groups is 2. The number of hydrogen-bond acceptors (Lipinski definition) is 2. The molecule has 4 N–H and O–H groups in total. The van der Waals surface area contributed by atoms with Crippen LogP contribution in [0.1, 0.15) is 12.5 Å². The molecule has 6 heteroatoms. The number of quaternary nitrogens is 2. The maximum atomic E-state index is 12.0. The second kappa shape index (κ2) is 8.64. The Morgan fingerprint density at radius 2 is 1.78 bits per heavy atom. The van der Waals surface area contributed by atoms with Crippen molar-refractivity contribution in [2.45, 2.75) is 13.3 Å². The van der Waals surface area contributed by atoms with Crippen LogP contribution in [0, 0.1) is 0 Å². The van der Waals surface area contributed by atoms with Gasteiger partial charge in [0.2, 0.25) is 5.91 Å². The molecule has 23 heavy (non-hydrogen) atoms. The minimum absolute atomic E-state index is 0.0231. The van der Waals surface area contributed by atoms with Crippen molar-refractivity contribution in [2.24, 2.45) is 0 Å². The molecule has 1 fully saturated rings. The molecule has 1 aliphatic rings. The van der Waals surface area contributed by atoms with Gasteiger partial charge in [0.05, 0.1) is 13.6 Å². The first-order valence-corrected chi connectivity index (χ1v) is 8.37. The highest BCUT2D eigenvalue weighted by Gasteiger charge is 2.22. The summed E-state index contributed by atoms with van der Waals surface area (Å²) in [6.45, 7) is 6.73. The van der Waals surface area contributed by atoms with E-state index in [-0.39, 0.29) is 18.4 Å². The predicted molar refractivity (Wildman–Crippen MR) is 89.6 cm³/mol. The van der Waals surface area contributed by atoms with E-state index >= 15 is 0 Å². The smallest absolute Gasteiger partial charge is 0.275 e. The van der Waals surface area contributed by atoms with Gasteiger partial charge >= 0.3 is 0 Å². The molecule has 0 unspecified atom stereocenters. The molecular formula is C17H28N4O2+2. The standard InChI is InChI=1S/C17H26N4O2/c1-3-14-6-4-5-7-15(14)19-16(22)12-18-17(23)13-21-10-8-20(2)9-11-21/h4-7H,3,8-13H2,1-2H3,(H,18,23)(H,19,22)/p+2. The van der Waals surface area contributed by atoms with E-state index in [0.29, 0.717) is 6.54 Å². The summed E-state index contributed by atoms with van der Waals surface area (Å²) in [7, 11) is 2.18. The van der Waals surface area contributed by atoms with Crippen LogP contribution in [0.4, 0.5) is 5.69 Å². The molecule has 1 aromatic carbocycles. The second-order valence-corrected chi connectivity index (χ2v) is 6.22. The predicted octanol–water partition coefficient (Wildman–Crippen LogP) is -2.28. The number of benzene rings is 1. The van der Waals surface area contributed by atoms with Gasteiger partial charge in [0.25, 0.3) is 5.91 Å². The second-order valence-electron chi connectivity index (χ2n) is 6.22. The fourth-order valence-electron chi connectivity index (χ4n) is 2.82. The maximum absolute atomic E-state index is 12.0. The van der Waals surface area contributed by atoms with E-state index in [1.165, 1.54) is 9.80 Å². The van der Waals surface area contributed by atoms with Gasteiger partial charge in [-0.25, -0.2) is 0 Å². The number of hydrogen-bond donors (Lipinski definition) is 4. The van der Waals surface area contributed by atoms with Crippen LogP contribution in [-0.4, -0.2) is 58.1 Å². The van der Waals surface area contributed by atoms with E-state index in [4.69, 9.17) is 0 Å². The summed E-state index contributed by atoms with van der Waals surface area (Å²) in [6, 6.07) is 7.73. The Hall–Kier alpha value is -1.92. The molecule has 1 aromatic rings. The van der Waals surface area contributed by atoms with E-state index in [9.17, 15) is 9.59 Å². The van der Waals surface area contributed by atoms with E-state index in [1.807, 2.05) is 31.2 Å². The van der Waals surface area contributed by atoms with Gasteiger partial charge in [0.15, 0.2) is 6.54 Å². The first kappa shape index (κ1) is 17.4. The monoisotopic (exact) mass is 320 g/mol. The van der Waals surface area contributed by atoms with Crippen LogP contribution >= 0.6 is 0 Å². The van der Waals surface area contributed by atoms with E-state index < -0.39 is 0 Å². The average Bonchev–Trinajstić information content (AvgIpc) is 2.55. The SMILES string of the molecule is CCc1ccccc1NC(=O)CNC(=O)C[NH+]1CC[NH+](C)CC1. The zero-order chi connectivity index (χ0) is 16.7. The minimum Gasteiger partial charge on any atom is -0.342 e. The first-order chi connectivity index (χ1) is 11.1. The lowest BCUT2D eigenvalue weighted by atomic mass is 10.1. The minimum atomic E-state index is -0.183. The number of anilines is 1. The lowest BCUT2D eigenvalue weighted by molar-refractivity contribution is -1.000. The number of likely N-dealkylation sites (N-methyl/N-ethyl adjacent to an activating group) is 1. The number of aryl methyl sites for hydroxylation is 1. The Labute approximate surface area is 137 Å². The molecule has 0 aliphatic carbocycles. The van der Waals surface area contributed by atoms with Crippen LogP contribution in [0.2, 0.25) is 0 Å². The molecule has 2 amide bonds. The maximum Gasteiger partial charge on any atom is 0.275 e. The molecule has 0 atom stereocenters. The number of rotatable bonds is 6. The summed E-state index contributed by atoms with van der Waals surface area (Å²) in [5, 5.41) is 5.58. The third-order valence-electron chi connectivity index (χ3n) is 4.34. The number of nitrogens with one attached hydrogen (secondary N) is 4. The van der Waals surface area contributed by atoms with Gasteiger partial charge in [-0.15, -0.1) is 0 Å². The van der Waals surface area contributed by atoms with Gasteiger partial charge < -0.3 is 20.4 Å². The molecule has 1 aliphatic heterocycles. The molecule has 6 nitrogen and oxygen atoms in total. The van der Waals surface area contributed by atoms with Crippen LogP contribution in [0.15, 0.2) is 24.3 Å². The van der Waals surface area contributed by atoms with Gasteiger partial charge in [-0.3, -0.25) is 9.59 Å². The van der Waals surface area contributed by atoms with Crippen molar-refractivity contribution in [3.63, 3.8) is 0 Å². The van der Waals surface area contributed by atoms with Gasteiger partial charge in [-0.2, -0.15) is 0 Å². The lowest BCUT2D eigenvalue weighted by Crippen LogP contribution is -3.27. The van der Waals surface area contributed by atoms with E-state index in [1.54, 1.807) is 0 Å². The van der Waals surface area contributed by atoms with Crippen molar-refractivity contribution < 1.29 is 19.4 Å². The summed E-state index contributed by atoms with van der Waals surface area (Å²) in [6.07, 6.45) is 0.859. The number of para-hydroxylation sites is 1. The van der Waals surface area contributed by atoms with E-state index in [2.05, 4.69) is 17.7 Å². The van der Waals surface area contributed by atoms with Crippen LogP contribution < -0.4 is 20.4 Å². The molecule has 2 rings (SSSR count). The summed E-state index contributed by atoms with van der Waals surface area (Å²) in [5.74, 6) is -0.240. The highest BCUT2D eigenvalue weighted by molar-refractivity contribution is 5.95. The van der Waals surface area contributed by atoms with Crippen molar-refractivity contribution in [3.8, 4) is 0 Å². The molecule has 0 saturated carbocycles. The zero-order valence-electron chi connectivity index (χ0n) is 14.1. The van der Waals surface area contributed by atoms with Crippen molar-refractivity contribution in [1.29, 1.82) is 0 Å². The number of amides is 2. The molecule has 1 heterocycles. The fraction of sp³-hybridized carbons (Fsp3) is 0.529. The zero-order valence-corrected chi connectivity index (χ0v) is 14.1. The van der Waals surface area contributed by atoms with Crippen LogP contribution in [-0.2, 0) is 16.0 Å². The largest absolute Gasteiger partial charge is 0.342 e. The molecule has 0 bridgehead atoms. The van der Waals surface area contributed by atoms with Gasteiger partial charge in [0, 0.05) is 5.69 Å². The van der Waals surface area contributed by atoms with Crippen LogP contribution in [0.25, 0.3) is 0 Å². The summed E-state index contributed by atoms with van der Waals surface area (Å²) < 4.78 is 0. The molecule has 0 spiro atoms. The Morgan fingerprint density at radius 1 is 1.09 bits per heavy atom. The Kier molecular flexibility index (Phi) is 6.55. The van der Waals surface area contributed by atoms with Crippen molar-refractivity contribution in [2.75, 3.05) is 51.6 Å². The normalized spacial score (nSPS) is 20.8. The number of carbonyl (C=O) groups excluding carboxylic acids is 2. The third-order valence-corrected chi connectivity index (χ3v) is 4.34. The Bertz CT molecular complexity index is 539. The average molecular weight is 320 g/mol. The van der Waals surface area contributed by atoms with Gasteiger partial charge in [-0.05, 0) is 18.1 Å². The lowest BCUT2D eigenvalue weighted by Gasteiger charge is -2.26. The summed E-state index contributed by atoms with van der Waals surface area (Å²) in [5.41, 5.74) is 1.92. The molecule has 126 valence electrons. The summed E-state index contributed by atoms with van der Waals surface area (Å²) in [4.78, 5) is 26.8. The highest BCUT2D eigenvalue weighted by atomic mass is 16.2. The highest BCUT2D eigenvalue weighted by Crippen LogP contribution is 2.14. The topological polar surface area (TPSA) is 67.1 Å². The van der Waals surface area contributed by atoms with Gasteiger partial charge in [0.1, 0.15) is 26.2 Å². The molecule has 1 saturated heterocycles. The molecule has 0 aromatic heterocycles. The van der Waals surface area contributed by atoms with E-state index in [0.717, 1.165) is 43.9 Å². The van der Waals surface area contributed by atoms with Crippen molar-refractivity contribution >= 4 is 17.5 Å². The summed E-state index contributed by atoms with van der Waals surface area (Å²) >= 11 is 0. The van der Waals surface area contributed by atoms with Crippen molar-refractivity contribution in [3.05, 3.63) is 29.8 Å². The first-order valence-electron chi connectivity index (χ1n) is 8.37. The molecule has 0 radical (unpaired) electrons. The Balaban J connectivity index is 1.72. The molecular weight excluding hydrogens is 292 g/mol. The third kappa shape index (κ3) is 5.65. The fourth-order valence-corrected chi connectivity index (χ4v) is 2.82. The quantitative estimate of drug-likeness (QED) is 0.477. The van der Waals surface area contributed by atoms with Crippen molar-refractivity contribution in [1.82, 2.24) is 5.32 Å². The van der Waals surface area contributed by atoms with Crippen LogP contribution in [0.3, 0.4) is 0 Å². The number of piperazine rings is 1. The van der Waals surface area contributed by atoms with Gasteiger partial charge in [-0.1, -0.05) is 25.1 Å². The Morgan fingerprint density at radius 3 is 2.48 bits per heavy atom. The van der Waals surface area contributed by atoms with Crippen LogP contribution in [0.5, 0.6) is 0 Å².